The van der Waals surface area contributed by atoms with Gasteiger partial charge >= 0.3 is 5.97 Å². The van der Waals surface area contributed by atoms with Gasteiger partial charge in [0.25, 0.3) is 0 Å². The molecule has 1 fully saturated rings. The third kappa shape index (κ3) is 4.79. The number of piperidine rings is 1. The number of fused-ring (bicyclic) bond motifs is 1. The maximum Gasteiger partial charge on any atom is 0.341 e. The number of esters is 1. The first-order chi connectivity index (χ1) is 14.5. The molecule has 0 saturated carbocycles. The van der Waals surface area contributed by atoms with Crippen molar-refractivity contribution in [1.82, 2.24) is 9.88 Å². The van der Waals surface area contributed by atoms with Crippen molar-refractivity contribution in [2.24, 2.45) is 0 Å². The van der Waals surface area contributed by atoms with E-state index in [-0.39, 0.29) is 12.1 Å². The van der Waals surface area contributed by atoms with Gasteiger partial charge in [-0.15, -0.1) is 0 Å². The van der Waals surface area contributed by atoms with Gasteiger partial charge in [0.05, 0.1) is 5.56 Å². The summed E-state index contributed by atoms with van der Waals surface area (Å²) < 4.78 is 6.83. The van der Waals surface area contributed by atoms with E-state index in [1.165, 1.54) is 37.9 Å². The summed E-state index contributed by atoms with van der Waals surface area (Å²) >= 11 is 3.44. The van der Waals surface area contributed by atoms with Crippen molar-refractivity contribution < 1.29 is 9.53 Å². The number of nitrogens with one attached hydrogen (secondary N) is 1. The number of aromatic amines is 1. The maximum atomic E-state index is 13.0. The highest BCUT2D eigenvalue weighted by Gasteiger charge is 2.21. The molecule has 2 aromatic carbocycles. The quantitative estimate of drug-likeness (QED) is 0.438. The smallest absolute Gasteiger partial charge is 0.341 e. The Morgan fingerprint density at radius 2 is 1.87 bits per heavy atom. The van der Waals surface area contributed by atoms with Gasteiger partial charge in [0.1, 0.15) is 6.10 Å². The average Bonchev–Trinajstić information content (AvgIpc) is 3.08. The van der Waals surface area contributed by atoms with E-state index in [0.29, 0.717) is 5.56 Å². The Bertz CT molecular complexity index is 1020. The van der Waals surface area contributed by atoms with E-state index in [2.05, 4.69) is 44.0 Å². The van der Waals surface area contributed by atoms with Crippen LogP contribution in [-0.2, 0) is 11.2 Å². The lowest BCUT2D eigenvalue weighted by Crippen LogP contribution is -2.31. The number of ether oxygens (including phenoxy) is 1. The number of hydrogen-bond acceptors (Lipinski definition) is 3. The summed E-state index contributed by atoms with van der Waals surface area (Å²) in [7, 11) is 0. The summed E-state index contributed by atoms with van der Waals surface area (Å²) in [5, 5.41) is 0.955. The van der Waals surface area contributed by atoms with E-state index in [4.69, 9.17) is 4.74 Å². The summed E-state index contributed by atoms with van der Waals surface area (Å²) in [4.78, 5) is 18.9. The fourth-order valence-corrected chi connectivity index (χ4v) is 4.55. The molecule has 1 unspecified atom stereocenters. The zero-order valence-corrected chi connectivity index (χ0v) is 19.3. The van der Waals surface area contributed by atoms with Crippen LogP contribution in [0.4, 0.5) is 0 Å². The standard InChI is InChI=1S/C25H29BrN2O2/c1-17-24(25(29)30-18(2)20-7-9-21(26)10-8-20)22-16-19(6-11-23(22)27-17)12-15-28-13-4-3-5-14-28/h6-11,16,18,27H,3-5,12-15H2,1-2H3. The Hall–Kier alpha value is -2.11. The summed E-state index contributed by atoms with van der Waals surface area (Å²) in [6, 6.07) is 14.3. The molecule has 158 valence electrons. The molecule has 5 heteroatoms. The summed E-state index contributed by atoms with van der Waals surface area (Å²) in [6.07, 6.45) is 4.67. The molecule has 1 saturated heterocycles. The molecule has 4 nitrogen and oxygen atoms in total. The number of halogens is 1. The van der Waals surface area contributed by atoms with E-state index in [0.717, 1.165) is 39.6 Å². The van der Waals surface area contributed by atoms with Crippen LogP contribution in [0.25, 0.3) is 10.9 Å². The zero-order chi connectivity index (χ0) is 21.1. The van der Waals surface area contributed by atoms with Gasteiger partial charge in [-0.25, -0.2) is 4.79 Å². The highest BCUT2D eigenvalue weighted by atomic mass is 79.9. The molecule has 0 spiro atoms. The van der Waals surface area contributed by atoms with Crippen LogP contribution in [0.2, 0.25) is 0 Å². The molecule has 1 atom stereocenters. The van der Waals surface area contributed by atoms with Gasteiger partial charge in [0, 0.05) is 27.6 Å². The third-order valence-corrected chi connectivity index (χ3v) is 6.57. The molecule has 0 bridgehead atoms. The molecule has 4 rings (SSSR count). The van der Waals surface area contributed by atoms with Gasteiger partial charge in [-0.2, -0.15) is 0 Å². The van der Waals surface area contributed by atoms with Crippen LogP contribution in [0.1, 0.15) is 59.5 Å². The molecule has 1 N–H and O–H groups in total. The molecule has 1 aliphatic heterocycles. The highest BCUT2D eigenvalue weighted by Crippen LogP contribution is 2.27. The van der Waals surface area contributed by atoms with E-state index in [1.807, 2.05) is 38.1 Å². The number of hydrogen-bond donors (Lipinski definition) is 1. The Morgan fingerprint density at radius 3 is 2.60 bits per heavy atom. The Kier molecular flexibility index (Phi) is 6.59. The van der Waals surface area contributed by atoms with E-state index in [1.54, 1.807) is 0 Å². The van der Waals surface area contributed by atoms with Crippen molar-refractivity contribution in [2.45, 2.75) is 45.6 Å². The van der Waals surface area contributed by atoms with Crippen LogP contribution in [0, 0.1) is 6.92 Å². The maximum absolute atomic E-state index is 13.0. The lowest BCUT2D eigenvalue weighted by atomic mass is 10.0. The van der Waals surface area contributed by atoms with Crippen molar-refractivity contribution in [2.75, 3.05) is 19.6 Å². The number of rotatable bonds is 6. The number of aromatic nitrogens is 1. The molecule has 30 heavy (non-hydrogen) atoms. The van der Waals surface area contributed by atoms with Gasteiger partial charge in [-0.05, 0) is 81.6 Å². The van der Waals surface area contributed by atoms with Crippen LogP contribution in [0.3, 0.4) is 0 Å². The van der Waals surface area contributed by atoms with E-state index < -0.39 is 0 Å². The molecular weight excluding hydrogens is 440 g/mol. The summed E-state index contributed by atoms with van der Waals surface area (Å²) in [6.45, 7) is 7.34. The molecule has 0 radical (unpaired) electrons. The third-order valence-electron chi connectivity index (χ3n) is 6.04. The fourth-order valence-electron chi connectivity index (χ4n) is 4.28. The lowest BCUT2D eigenvalue weighted by molar-refractivity contribution is 0.0339. The van der Waals surface area contributed by atoms with Gasteiger partial charge in [0.2, 0.25) is 0 Å². The number of benzene rings is 2. The Morgan fingerprint density at radius 1 is 1.13 bits per heavy atom. The summed E-state index contributed by atoms with van der Waals surface area (Å²) in [5.74, 6) is -0.276. The topological polar surface area (TPSA) is 45.3 Å². The number of likely N-dealkylation sites (tertiary alicyclic amines) is 1. The normalized spacial score (nSPS) is 16.0. The van der Waals surface area contributed by atoms with Crippen molar-refractivity contribution in [1.29, 1.82) is 0 Å². The molecule has 0 amide bonds. The summed E-state index contributed by atoms with van der Waals surface area (Å²) in [5.41, 5.74) is 4.73. The first-order valence-electron chi connectivity index (χ1n) is 10.8. The van der Waals surface area contributed by atoms with Crippen molar-refractivity contribution in [3.63, 3.8) is 0 Å². The van der Waals surface area contributed by atoms with Crippen LogP contribution in [0.5, 0.6) is 0 Å². The number of aryl methyl sites for hydroxylation is 1. The van der Waals surface area contributed by atoms with Crippen LogP contribution in [-0.4, -0.2) is 35.5 Å². The van der Waals surface area contributed by atoms with E-state index in [9.17, 15) is 4.79 Å². The average molecular weight is 469 g/mol. The molecule has 2 heterocycles. The highest BCUT2D eigenvalue weighted by molar-refractivity contribution is 9.10. The van der Waals surface area contributed by atoms with Crippen molar-refractivity contribution in [3.8, 4) is 0 Å². The minimum Gasteiger partial charge on any atom is -0.454 e. The lowest BCUT2D eigenvalue weighted by Gasteiger charge is -2.26. The first-order valence-corrected chi connectivity index (χ1v) is 11.6. The first kappa shape index (κ1) is 21.1. The van der Waals surface area contributed by atoms with Crippen molar-refractivity contribution in [3.05, 3.63) is 69.3 Å². The SMILES string of the molecule is Cc1[nH]c2ccc(CCN3CCCCC3)cc2c1C(=O)OC(C)c1ccc(Br)cc1. The number of carbonyl (C=O) groups excluding carboxylic acids is 1. The minimum absolute atomic E-state index is 0.276. The second-order valence-electron chi connectivity index (χ2n) is 8.26. The second-order valence-corrected chi connectivity index (χ2v) is 9.17. The zero-order valence-electron chi connectivity index (χ0n) is 17.7. The van der Waals surface area contributed by atoms with Gasteiger partial charge < -0.3 is 14.6 Å². The number of H-pyrrole nitrogens is 1. The van der Waals surface area contributed by atoms with Gasteiger partial charge in [-0.1, -0.05) is 40.5 Å². The largest absolute Gasteiger partial charge is 0.454 e. The molecule has 1 aliphatic rings. The molecule has 1 aromatic heterocycles. The van der Waals surface area contributed by atoms with Crippen LogP contribution in [0.15, 0.2) is 46.9 Å². The van der Waals surface area contributed by atoms with Crippen molar-refractivity contribution >= 4 is 32.8 Å². The Labute approximate surface area is 186 Å². The van der Waals surface area contributed by atoms with Crippen LogP contribution < -0.4 is 0 Å². The fraction of sp³-hybridized carbons (Fsp3) is 0.400. The van der Waals surface area contributed by atoms with E-state index >= 15 is 0 Å². The minimum atomic E-state index is -0.308. The molecular formula is C25H29BrN2O2. The molecule has 3 aromatic rings. The predicted molar refractivity (Wildman–Crippen MR) is 125 cm³/mol. The number of nitrogens with zero attached hydrogens (tertiary/aromatic N) is 1. The number of carbonyl (C=O) groups is 1. The van der Waals surface area contributed by atoms with Gasteiger partial charge in [0.15, 0.2) is 0 Å². The second kappa shape index (κ2) is 9.36. The Balaban J connectivity index is 1.51. The predicted octanol–water partition coefficient (Wildman–Crippen LogP) is 6.19. The van der Waals surface area contributed by atoms with Crippen LogP contribution >= 0.6 is 15.9 Å². The van der Waals surface area contributed by atoms with Gasteiger partial charge in [-0.3, -0.25) is 0 Å². The monoisotopic (exact) mass is 468 g/mol. The molecule has 0 aliphatic carbocycles.